The highest BCUT2D eigenvalue weighted by Gasteiger charge is 2.20. The number of aliphatic hydroxyl groups excluding tert-OH is 2. The third kappa shape index (κ3) is 63.8. The fraction of sp³-hybridized carbons (Fsp3) is 0.944. The zero-order chi connectivity index (χ0) is 56.4. The fourth-order valence-corrected chi connectivity index (χ4v) is 11.6. The molecule has 1 amide bonds. The summed E-state index contributed by atoms with van der Waals surface area (Å²) in [6.45, 7) is 4.99. The van der Waals surface area contributed by atoms with E-state index in [2.05, 4.69) is 31.3 Å². The minimum Gasteiger partial charge on any atom is -0.466 e. The third-order valence-electron chi connectivity index (χ3n) is 17.1. The summed E-state index contributed by atoms with van der Waals surface area (Å²) in [7, 11) is 0. The molecule has 0 fully saturated rings. The summed E-state index contributed by atoms with van der Waals surface area (Å²) in [6.07, 6.45) is 84.2. The molecule has 0 heterocycles. The number of esters is 1. The molecule has 2 unspecified atom stereocenters. The number of hydrogen-bond acceptors (Lipinski definition) is 5. The van der Waals surface area contributed by atoms with E-state index in [1.807, 2.05) is 0 Å². The lowest BCUT2D eigenvalue weighted by Gasteiger charge is -2.22. The molecule has 0 saturated heterocycles. The number of aliphatic hydroxyl groups is 2. The van der Waals surface area contributed by atoms with Crippen LogP contribution in [0.1, 0.15) is 412 Å². The average Bonchev–Trinajstić information content (AvgIpc) is 3.44. The molecule has 78 heavy (non-hydrogen) atoms. The van der Waals surface area contributed by atoms with Gasteiger partial charge in [-0.1, -0.05) is 360 Å². The second-order valence-corrected chi connectivity index (χ2v) is 24.9. The maximum atomic E-state index is 12.5. The van der Waals surface area contributed by atoms with Gasteiger partial charge < -0.3 is 20.3 Å². The van der Waals surface area contributed by atoms with E-state index in [0.29, 0.717) is 25.9 Å². The van der Waals surface area contributed by atoms with Crippen molar-refractivity contribution in [2.24, 2.45) is 0 Å². The SMILES string of the molecule is CCCCCCCCCCCCCCCCCCCCCC(=O)OCCCCCCCCCCCCCC/C=C\CCCCCCCCCCCCCCCCCC(=O)NC(CO)C(O)CCCCCCCCCCCCC. The van der Waals surface area contributed by atoms with E-state index >= 15 is 0 Å². The number of allylic oxidation sites excluding steroid dienone is 2. The van der Waals surface area contributed by atoms with Crippen molar-refractivity contribution in [1.29, 1.82) is 0 Å². The highest BCUT2D eigenvalue weighted by molar-refractivity contribution is 5.76. The molecule has 0 rings (SSSR count). The van der Waals surface area contributed by atoms with E-state index in [1.165, 1.54) is 340 Å². The fourth-order valence-electron chi connectivity index (χ4n) is 11.6. The van der Waals surface area contributed by atoms with Crippen LogP contribution in [0.2, 0.25) is 0 Å². The number of hydrogen-bond donors (Lipinski definition) is 3. The summed E-state index contributed by atoms with van der Waals surface area (Å²) in [5.74, 6) is -0.00820. The van der Waals surface area contributed by atoms with Crippen LogP contribution in [0.3, 0.4) is 0 Å². The van der Waals surface area contributed by atoms with Crippen LogP contribution in [0.5, 0.6) is 0 Å². The van der Waals surface area contributed by atoms with Gasteiger partial charge >= 0.3 is 5.97 Å². The van der Waals surface area contributed by atoms with E-state index in [9.17, 15) is 19.8 Å². The van der Waals surface area contributed by atoms with Crippen molar-refractivity contribution < 1.29 is 24.5 Å². The summed E-state index contributed by atoms with van der Waals surface area (Å²) in [5, 5.41) is 23.2. The Morgan fingerprint density at radius 3 is 0.910 bits per heavy atom. The van der Waals surface area contributed by atoms with Gasteiger partial charge in [-0.05, 0) is 51.4 Å². The molecule has 6 nitrogen and oxygen atoms in total. The van der Waals surface area contributed by atoms with Gasteiger partial charge in [0.05, 0.1) is 25.4 Å². The Kier molecular flexibility index (Phi) is 66.9. The topological polar surface area (TPSA) is 95.9 Å². The van der Waals surface area contributed by atoms with E-state index in [0.717, 1.165) is 38.5 Å². The molecule has 0 saturated carbocycles. The number of rotatable bonds is 68. The molecule has 0 aromatic rings. The molecule has 6 heteroatoms. The van der Waals surface area contributed by atoms with Gasteiger partial charge in [-0.25, -0.2) is 0 Å². The zero-order valence-corrected chi connectivity index (χ0v) is 53.2. The molecule has 0 aromatic carbocycles. The number of unbranched alkanes of at least 4 members (excludes halogenated alkanes) is 55. The maximum Gasteiger partial charge on any atom is 0.305 e. The predicted molar refractivity (Wildman–Crippen MR) is 343 cm³/mol. The molecule has 3 N–H and O–H groups in total. The van der Waals surface area contributed by atoms with Crippen LogP contribution in [-0.4, -0.2) is 47.4 Å². The Labute approximate surface area is 489 Å². The summed E-state index contributed by atoms with van der Waals surface area (Å²) in [6, 6.07) is -0.538. The van der Waals surface area contributed by atoms with Crippen molar-refractivity contribution in [2.75, 3.05) is 13.2 Å². The second kappa shape index (κ2) is 68.1. The van der Waals surface area contributed by atoms with Crippen LogP contribution in [-0.2, 0) is 14.3 Å². The minimum absolute atomic E-state index is 0.0234. The van der Waals surface area contributed by atoms with Crippen molar-refractivity contribution in [3.8, 4) is 0 Å². The summed E-state index contributed by atoms with van der Waals surface area (Å²) < 4.78 is 5.52. The number of nitrogens with one attached hydrogen (secondary N) is 1. The minimum atomic E-state index is -0.660. The maximum absolute atomic E-state index is 12.5. The monoisotopic (exact) mass is 1100 g/mol. The molecule has 0 aliphatic heterocycles. The van der Waals surface area contributed by atoms with Crippen molar-refractivity contribution in [2.45, 2.75) is 424 Å². The molecule has 2 atom stereocenters. The third-order valence-corrected chi connectivity index (χ3v) is 17.1. The van der Waals surface area contributed by atoms with E-state index < -0.39 is 12.1 Å². The summed E-state index contributed by atoms with van der Waals surface area (Å²) >= 11 is 0. The lowest BCUT2D eigenvalue weighted by Crippen LogP contribution is -2.45. The molecule has 464 valence electrons. The molecule has 0 aromatic heterocycles. The van der Waals surface area contributed by atoms with Gasteiger partial charge in [-0.3, -0.25) is 9.59 Å². The van der Waals surface area contributed by atoms with Gasteiger partial charge in [0.2, 0.25) is 5.91 Å². The Morgan fingerprint density at radius 1 is 0.346 bits per heavy atom. The number of amides is 1. The predicted octanol–water partition coefficient (Wildman–Crippen LogP) is 23.1. The first-order valence-corrected chi connectivity index (χ1v) is 35.9. The second-order valence-electron chi connectivity index (χ2n) is 24.9. The first-order chi connectivity index (χ1) is 38.5. The highest BCUT2D eigenvalue weighted by Crippen LogP contribution is 2.19. The standard InChI is InChI=1S/C72H141NO5/c1-3-5-7-9-11-13-15-16-17-18-32-36-39-42-46-50-54-58-62-66-72(77)78-67-63-59-55-51-47-43-40-37-34-31-29-27-25-23-21-19-20-22-24-26-28-30-33-35-38-41-45-49-53-57-61-65-71(76)73-69(68-74)70(75)64-60-56-52-48-44-14-12-10-8-6-4-2/h21,23,69-70,74-75H,3-20,22,24-68H2,1-2H3,(H,73,76)/b23-21-. The van der Waals surface area contributed by atoms with Crippen molar-refractivity contribution in [3.63, 3.8) is 0 Å². The van der Waals surface area contributed by atoms with Gasteiger partial charge in [-0.2, -0.15) is 0 Å². The van der Waals surface area contributed by atoms with Crippen molar-refractivity contribution in [3.05, 3.63) is 12.2 Å². The van der Waals surface area contributed by atoms with Gasteiger partial charge in [0, 0.05) is 12.8 Å². The summed E-state index contributed by atoms with van der Waals surface area (Å²) in [5.41, 5.74) is 0. The zero-order valence-electron chi connectivity index (χ0n) is 53.2. The van der Waals surface area contributed by atoms with E-state index in [4.69, 9.17) is 4.74 Å². The molecular formula is C72H141NO5. The Balaban J connectivity index is 3.31. The molecule has 0 aliphatic rings. The molecule has 0 spiro atoms. The smallest absolute Gasteiger partial charge is 0.305 e. The van der Waals surface area contributed by atoms with Crippen LogP contribution in [0.4, 0.5) is 0 Å². The van der Waals surface area contributed by atoms with Gasteiger partial charge in [0.25, 0.3) is 0 Å². The van der Waals surface area contributed by atoms with Crippen molar-refractivity contribution >= 4 is 11.9 Å². The van der Waals surface area contributed by atoms with Gasteiger partial charge in [-0.15, -0.1) is 0 Å². The number of ether oxygens (including phenoxy) is 1. The Morgan fingerprint density at radius 2 is 0.603 bits per heavy atom. The van der Waals surface area contributed by atoms with E-state index in [-0.39, 0.29) is 18.5 Å². The van der Waals surface area contributed by atoms with Crippen LogP contribution in [0.25, 0.3) is 0 Å². The molecule has 0 bridgehead atoms. The quantitative estimate of drug-likeness (QED) is 0.0320. The van der Waals surface area contributed by atoms with E-state index in [1.54, 1.807) is 0 Å². The summed E-state index contributed by atoms with van der Waals surface area (Å²) in [4.78, 5) is 24.6. The van der Waals surface area contributed by atoms with Crippen LogP contribution in [0.15, 0.2) is 12.2 Å². The first kappa shape index (κ1) is 76.6. The molecular weight excluding hydrogens is 959 g/mol. The van der Waals surface area contributed by atoms with Crippen LogP contribution < -0.4 is 5.32 Å². The van der Waals surface area contributed by atoms with Crippen molar-refractivity contribution in [1.82, 2.24) is 5.32 Å². The Bertz CT molecular complexity index is 1180. The first-order valence-electron chi connectivity index (χ1n) is 35.9. The average molecular weight is 1100 g/mol. The van der Waals surface area contributed by atoms with Crippen LogP contribution in [0, 0.1) is 0 Å². The Hall–Kier alpha value is -1.40. The van der Waals surface area contributed by atoms with Gasteiger partial charge in [0.1, 0.15) is 0 Å². The number of carbonyl (C=O) groups is 2. The normalized spacial score (nSPS) is 12.5. The molecule has 0 aliphatic carbocycles. The van der Waals surface area contributed by atoms with Crippen LogP contribution >= 0.6 is 0 Å². The largest absolute Gasteiger partial charge is 0.466 e. The van der Waals surface area contributed by atoms with Gasteiger partial charge in [0.15, 0.2) is 0 Å². The lowest BCUT2D eigenvalue weighted by atomic mass is 10.0. The lowest BCUT2D eigenvalue weighted by molar-refractivity contribution is -0.143. The highest BCUT2D eigenvalue weighted by atomic mass is 16.5. The molecule has 0 radical (unpaired) electrons. The number of carbonyl (C=O) groups excluding carboxylic acids is 2.